The number of rotatable bonds is 4. The number of hydrogen-bond acceptors (Lipinski definition) is 4. The molecule has 0 amide bonds. The van der Waals surface area contributed by atoms with E-state index in [0.29, 0.717) is 18.3 Å². The van der Waals surface area contributed by atoms with Crippen LogP contribution in [-0.2, 0) is 6.61 Å². The van der Waals surface area contributed by atoms with E-state index in [4.69, 9.17) is 4.74 Å². The second-order valence-corrected chi connectivity index (χ2v) is 4.45. The number of H-pyrrole nitrogens is 1. The van der Waals surface area contributed by atoms with Crippen LogP contribution in [0, 0.1) is 6.92 Å². The number of pyridine rings is 1. The fourth-order valence-electron chi connectivity index (χ4n) is 1.85. The van der Waals surface area contributed by atoms with E-state index in [9.17, 15) is 0 Å². The Hall–Kier alpha value is -2.69. The van der Waals surface area contributed by atoms with E-state index in [0.717, 1.165) is 16.9 Å². The van der Waals surface area contributed by atoms with Gasteiger partial charge in [0.15, 0.2) is 11.6 Å². The first-order chi connectivity index (χ1) is 9.81. The number of aromatic nitrogens is 4. The van der Waals surface area contributed by atoms with Crippen molar-refractivity contribution in [2.75, 3.05) is 0 Å². The predicted molar refractivity (Wildman–Crippen MR) is 75.1 cm³/mol. The molecular weight excluding hydrogens is 252 g/mol. The fraction of sp³-hybridized carbons (Fsp3) is 0.133. The lowest BCUT2D eigenvalue weighted by Gasteiger charge is -2.04. The molecule has 2 heterocycles. The number of benzene rings is 1. The molecule has 1 N–H and O–H groups in total. The number of hydrogen-bond donors (Lipinski definition) is 1. The Morgan fingerprint density at radius 2 is 2.00 bits per heavy atom. The Bertz CT molecular complexity index is 694. The molecule has 100 valence electrons. The summed E-state index contributed by atoms with van der Waals surface area (Å²) < 4.78 is 5.68. The minimum absolute atomic E-state index is 0.363. The molecule has 0 aliphatic rings. The molecule has 0 saturated heterocycles. The summed E-state index contributed by atoms with van der Waals surface area (Å²) in [6.07, 6.45) is 3.43. The quantitative estimate of drug-likeness (QED) is 0.788. The zero-order valence-electron chi connectivity index (χ0n) is 11.1. The van der Waals surface area contributed by atoms with Crippen LogP contribution in [0.1, 0.15) is 11.4 Å². The first kappa shape index (κ1) is 12.3. The van der Waals surface area contributed by atoms with Gasteiger partial charge < -0.3 is 4.74 Å². The average Bonchev–Trinajstić information content (AvgIpc) is 2.95. The number of ether oxygens (including phenoxy) is 1. The summed E-state index contributed by atoms with van der Waals surface area (Å²) in [5, 5.41) is 7.05. The van der Waals surface area contributed by atoms with E-state index >= 15 is 0 Å². The fourth-order valence-corrected chi connectivity index (χ4v) is 1.85. The van der Waals surface area contributed by atoms with Crippen LogP contribution in [0.15, 0.2) is 48.8 Å². The summed E-state index contributed by atoms with van der Waals surface area (Å²) in [7, 11) is 0. The molecule has 5 heteroatoms. The molecule has 2 aromatic heterocycles. The number of aromatic amines is 1. The minimum atomic E-state index is 0.363. The van der Waals surface area contributed by atoms with Crippen molar-refractivity contribution < 1.29 is 4.74 Å². The highest BCUT2D eigenvalue weighted by atomic mass is 16.5. The zero-order chi connectivity index (χ0) is 13.8. The normalized spacial score (nSPS) is 10.4. The molecule has 0 saturated carbocycles. The van der Waals surface area contributed by atoms with Crippen LogP contribution in [0.2, 0.25) is 0 Å². The first-order valence-corrected chi connectivity index (χ1v) is 6.32. The van der Waals surface area contributed by atoms with Gasteiger partial charge in [-0.05, 0) is 36.8 Å². The van der Waals surface area contributed by atoms with Gasteiger partial charge in [-0.2, -0.15) is 5.10 Å². The van der Waals surface area contributed by atoms with E-state index in [1.165, 1.54) is 0 Å². The Balaban J connectivity index is 1.69. The summed E-state index contributed by atoms with van der Waals surface area (Å²) in [6.45, 7) is 2.39. The highest BCUT2D eigenvalue weighted by molar-refractivity contribution is 5.52. The van der Waals surface area contributed by atoms with E-state index in [1.54, 1.807) is 12.4 Å². The Morgan fingerprint density at radius 1 is 1.15 bits per heavy atom. The molecule has 0 fully saturated rings. The van der Waals surface area contributed by atoms with E-state index in [-0.39, 0.29) is 0 Å². The van der Waals surface area contributed by atoms with Gasteiger partial charge in [0.1, 0.15) is 12.4 Å². The van der Waals surface area contributed by atoms with Crippen molar-refractivity contribution in [3.63, 3.8) is 0 Å². The molecule has 5 nitrogen and oxygen atoms in total. The molecule has 3 aromatic rings. The molecule has 0 bridgehead atoms. The SMILES string of the molecule is Cc1cccc(OCc2nc(-c3ccncc3)n[nH]2)c1. The molecule has 1 aromatic carbocycles. The lowest BCUT2D eigenvalue weighted by Crippen LogP contribution is -1.97. The molecule has 0 aliphatic heterocycles. The maximum Gasteiger partial charge on any atom is 0.181 e. The van der Waals surface area contributed by atoms with Crippen molar-refractivity contribution in [2.45, 2.75) is 13.5 Å². The molecule has 0 aliphatic carbocycles. The van der Waals surface area contributed by atoms with Crippen molar-refractivity contribution in [1.29, 1.82) is 0 Å². The van der Waals surface area contributed by atoms with Crippen molar-refractivity contribution >= 4 is 0 Å². The highest BCUT2D eigenvalue weighted by Crippen LogP contribution is 2.15. The summed E-state index contributed by atoms with van der Waals surface area (Å²) in [5.74, 6) is 2.17. The Labute approximate surface area is 116 Å². The summed E-state index contributed by atoms with van der Waals surface area (Å²) in [5.41, 5.74) is 2.09. The molecule has 3 rings (SSSR count). The van der Waals surface area contributed by atoms with Crippen LogP contribution in [-0.4, -0.2) is 20.2 Å². The van der Waals surface area contributed by atoms with Crippen molar-refractivity contribution in [1.82, 2.24) is 20.2 Å². The maximum absolute atomic E-state index is 5.68. The third-order valence-corrected chi connectivity index (χ3v) is 2.84. The minimum Gasteiger partial charge on any atom is -0.486 e. The van der Waals surface area contributed by atoms with E-state index in [2.05, 4.69) is 20.2 Å². The van der Waals surface area contributed by atoms with Crippen LogP contribution in [0.4, 0.5) is 0 Å². The molecule has 0 unspecified atom stereocenters. The van der Waals surface area contributed by atoms with Gasteiger partial charge in [0.25, 0.3) is 0 Å². The number of nitrogens with one attached hydrogen (secondary N) is 1. The van der Waals surface area contributed by atoms with Gasteiger partial charge in [-0.3, -0.25) is 10.1 Å². The molecule has 0 spiro atoms. The molecule has 0 radical (unpaired) electrons. The van der Waals surface area contributed by atoms with E-state index < -0.39 is 0 Å². The van der Waals surface area contributed by atoms with Crippen LogP contribution in [0.25, 0.3) is 11.4 Å². The smallest absolute Gasteiger partial charge is 0.181 e. The predicted octanol–water partition coefficient (Wildman–Crippen LogP) is 2.75. The number of aryl methyl sites for hydroxylation is 1. The average molecular weight is 266 g/mol. The van der Waals surface area contributed by atoms with Gasteiger partial charge in [-0.1, -0.05) is 12.1 Å². The van der Waals surface area contributed by atoms with Gasteiger partial charge >= 0.3 is 0 Å². The van der Waals surface area contributed by atoms with Crippen LogP contribution >= 0.6 is 0 Å². The van der Waals surface area contributed by atoms with E-state index in [1.807, 2.05) is 43.3 Å². The second-order valence-electron chi connectivity index (χ2n) is 4.45. The third-order valence-electron chi connectivity index (χ3n) is 2.84. The summed E-state index contributed by atoms with van der Waals surface area (Å²) in [6, 6.07) is 11.6. The van der Waals surface area contributed by atoms with Gasteiger partial charge in [0.2, 0.25) is 0 Å². The topological polar surface area (TPSA) is 63.7 Å². The third kappa shape index (κ3) is 2.83. The molecule has 20 heavy (non-hydrogen) atoms. The van der Waals surface area contributed by atoms with Gasteiger partial charge in [-0.15, -0.1) is 0 Å². The monoisotopic (exact) mass is 266 g/mol. The molecule has 0 atom stereocenters. The highest BCUT2D eigenvalue weighted by Gasteiger charge is 2.06. The standard InChI is InChI=1S/C15H14N4O/c1-11-3-2-4-13(9-11)20-10-14-17-15(19-18-14)12-5-7-16-8-6-12/h2-9H,10H2,1H3,(H,17,18,19). The van der Waals surface area contributed by atoms with Crippen molar-refractivity contribution in [3.05, 3.63) is 60.2 Å². The number of nitrogens with zero attached hydrogens (tertiary/aromatic N) is 3. The molecular formula is C15H14N4O. The Kier molecular flexibility index (Phi) is 3.41. The second kappa shape index (κ2) is 5.52. The van der Waals surface area contributed by atoms with Crippen LogP contribution in [0.3, 0.4) is 0 Å². The van der Waals surface area contributed by atoms with Gasteiger partial charge in [0, 0.05) is 18.0 Å². The van der Waals surface area contributed by atoms with Crippen LogP contribution < -0.4 is 4.74 Å². The van der Waals surface area contributed by atoms with Gasteiger partial charge in [0.05, 0.1) is 0 Å². The largest absolute Gasteiger partial charge is 0.486 e. The summed E-state index contributed by atoms with van der Waals surface area (Å²) >= 11 is 0. The van der Waals surface area contributed by atoms with Gasteiger partial charge in [-0.25, -0.2) is 4.98 Å². The van der Waals surface area contributed by atoms with Crippen molar-refractivity contribution in [2.24, 2.45) is 0 Å². The first-order valence-electron chi connectivity index (χ1n) is 6.32. The summed E-state index contributed by atoms with van der Waals surface area (Å²) in [4.78, 5) is 8.37. The lowest BCUT2D eigenvalue weighted by molar-refractivity contribution is 0.296. The maximum atomic E-state index is 5.68. The zero-order valence-corrected chi connectivity index (χ0v) is 11.1. The lowest BCUT2D eigenvalue weighted by atomic mass is 10.2. The Morgan fingerprint density at radius 3 is 2.80 bits per heavy atom. The van der Waals surface area contributed by atoms with Crippen LogP contribution in [0.5, 0.6) is 5.75 Å². The van der Waals surface area contributed by atoms with Crippen molar-refractivity contribution in [3.8, 4) is 17.1 Å².